The van der Waals surface area contributed by atoms with Gasteiger partial charge in [-0.25, -0.2) is 4.98 Å². The van der Waals surface area contributed by atoms with E-state index < -0.39 is 0 Å². The molecular formula is C21H26Cl2N4O2. The molecule has 0 radical (unpaired) electrons. The summed E-state index contributed by atoms with van der Waals surface area (Å²) in [5.74, 6) is 1.52. The molecular weight excluding hydrogens is 411 g/mol. The highest BCUT2D eigenvalue weighted by atomic mass is 35.5. The summed E-state index contributed by atoms with van der Waals surface area (Å²) >= 11 is 0. The Balaban J connectivity index is 0.00000150. The lowest BCUT2D eigenvalue weighted by Crippen LogP contribution is -2.38. The first kappa shape index (κ1) is 23.0. The molecule has 1 aromatic heterocycles. The van der Waals surface area contributed by atoms with Crippen LogP contribution in [0.15, 0.2) is 54.6 Å². The SMILES string of the molecule is Cl.Cl.O=C(Cn1c(COc2ccccc2)nc2ccccc21)NCC1CCCN1. The number of carbonyl (C=O) groups excluding carboxylic acids is 1. The lowest BCUT2D eigenvalue weighted by molar-refractivity contribution is -0.121. The molecule has 3 aromatic rings. The highest BCUT2D eigenvalue weighted by Crippen LogP contribution is 2.18. The molecule has 2 N–H and O–H groups in total. The number of amides is 1. The van der Waals surface area contributed by atoms with Crippen molar-refractivity contribution in [3.63, 3.8) is 0 Å². The van der Waals surface area contributed by atoms with Crippen molar-refractivity contribution in [2.45, 2.75) is 32.0 Å². The van der Waals surface area contributed by atoms with Gasteiger partial charge in [0, 0.05) is 12.6 Å². The predicted octanol–water partition coefficient (Wildman–Crippen LogP) is 3.33. The minimum absolute atomic E-state index is 0. The van der Waals surface area contributed by atoms with Gasteiger partial charge in [-0.1, -0.05) is 30.3 Å². The van der Waals surface area contributed by atoms with E-state index in [1.165, 1.54) is 6.42 Å². The first-order chi connectivity index (χ1) is 13.3. The molecule has 2 aromatic carbocycles. The van der Waals surface area contributed by atoms with Crippen LogP contribution in [0, 0.1) is 0 Å². The molecule has 6 nitrogen and oxygen atoms in total. The lowest BCUT2D eigenvalue weighted by Gasteiger charge is -2.13. The molecule has 1 saturated heterocycles. The van der Waals surface area contributed by atoms with Gasteiger partial charge >= 0.3 is 0 Å². The Morgan fingerprint density at radius 1 is 1.14 bits per heavy atom. The molecule has 0 spiro atoms. The molecule has 4 rings (SSSR count). The zero-order valence-electron chi connectivity index (χ0n) is 16.0. The molecule has 1 amide bonds. The predicted molar refractivity (Wildman–Crippen MR) is 119 cm³/mol. The third-order valence-corrected chi connectivity index (χ3v) is 4.85. The van der Waals surface area contributed by atoms with E-state index in [0.29, 0.717) is 19.2 Å². The molecule has 156 valence electrons. The van der Waals surface area contributed by atoms with Crippen molar-refractivity contribution in [2.75, 3.05) is 13.1 Å². The van der Waals surface area contributed by atoms with Crippen molar-refractivity contribution < 1.29 is 9.53 Å². The smallest absolute Gasteiger partial charge is 0.240 e. The third kappa shape index (κ3) is 5.85. The molecule has 8 heteroatoms. The molecule has 1 unspecified atom stereocenters. The van der Waals surface area contributed by atoms with Crippen LogP contribution < -0.4 is 15.4 Å². The van der Waals surface area contributed by atoms with E-state index >= 15 is 0 Å². The number of benzene rings is 2. The standard InChI is InChI=1S/C21H24N4O2.2ClH/c26-21(23-13-16-7-6-12-22-16)14-25-19-11-5-4-10-18(19)24-20(25)15-27-17-8-2-1-3-9-17;;/h1-5,8-11,16,22H,6-7,12-15H2,(H,23,26);2*1H. The number of fused-ring (bicyclic) bond motifs is 1. The quantitative estimate of drug-likeness (QED) is 0.595. The maximum absolute atomic E-state index is 12.5. The van der Waals surface area contributed by atoms with Gasteiger partial charge in [-0.3, -0.25) is 4.79 Å². The number of halogens is 2. The summed E-state index contributed by atoms with van der Waals surface area (Å²) in [6.45, 7) is 2.26. The summed E-state index contributed by atoms with van der Waals surface area (Å²) in [5.41, 5.74) is 1.81. The van der Waals surface area contributed by atoms with E-state index in [-0.39, 0.29) is 37.3 Å². The van der Waals surface area contributed by atoms with Crippen molar-refractivity contribution in [1.82, 2.24) is 20.2 Å². The first-order valence-corrected chi connectivity index (χ1v) is 9.41. The maximum Gasteiger partial charge on any atom is 0.240 e. The van der Waals surface area contributed by atoms with E-state index in [4.69, 9.17) is 4.74 Å². The highest BCUT2D eigenvalue weighted by molar-refractivity contribution is 5.85. The Hall–Kier alpha value is -2.28. The number of rotatable bonds is 7. The van der Waals surface area contributed by atoms with Crippen molar-refractivity contribution >= 4 is 41.8 Å². The van der Waals surface area contributed by atoms with E-state index in [9.17, 15) is 4.79 Å². The Kier molecular flexibility index (Phi) is 8.76. The molecule has 0 aliphatic carbocycles. The number of para-hydroxylation sites is 3. The van der Waals surface area contributed by atoms with Crippen LogP contribution in [0.3, 0.4) is 0 Å². The second-order valence-corrected chi connectivity index (χ2v) is 6.80. The van der Waals surface area contributed by atoms with Crippen LogP contribution in [0.2, 0.25) is 0 Å². The second-order valence-electron chi connectivity index (χ2n) is 6.80. The molecule has 1 aliphatic rings. The number of hydrogen-bond donors (Lipinski definition) is 2. The van der Waals surface area contributed by atoms with Gasteiger partial charge in [0.15, 0.2) is 0 Å². The van der Waals surface area contributed by atoms with Gasteiger partial charge in [0.2, 0.25) is 5.91 Å². The summed E-state index contributed by atoms with van der Waals surface area (Å²) in [7, 11) is 0. The van der Waals surface area contributed by atoms with Crippen molar-refractivity contribution in [1.29, 1.82) is 0 Å². The monoisotopic (exact) mass is 436 g/mol. The van der Waals surface area contributed by atoms with Gasteiger partial charge in [-0.2, -0.15) is 0 Å². The number of imidazole rings is 1. The van der Waals surface area contributed by atoms with Gasteiger partial charge in [0.05, 0.1) is 11.0 Å². The highest BCUT2D eigenvalue weighted by Gasteiger charge is 2.17. The van der Waals surface area contributed by atoms with Gasteiger partial charge < -0.3 is 19.9 Å². The van der Waals surface area contributed by atoms with Crippen molar-refractivity contribution in [3.05, 3.63) is 60.4 Å². The van der Waals surface area contributed by atoms with Gasteiger partial charge in [0.1, 0.15) is 24.7 Å². The number of nitrogens with one attached hydrogen (secondary N) is 2. The van der Waals surface area contributed by atoms with Crippen LogP contribution in [0.25, 0.3) is 11.0 Å². The van der Waals surface area contributed by atoms with Crippen LogP contribution in [-0.4, -0.2) is 34.6 Å². The van der Waals surface area contributed by atoms with E-state index in [1.807, 2.05) is 59.2 Å². The number of ether oxygens (including phenoxy) is 1. The van der Waals surface area contributed by atoms with E-state index in [2.05, 4.69) is 15.6 Å². The summed E-state index contributed by atoms with van der Waals surface area (Å²) in [4.78, 5) is 17.2. The maximum atomic E-state index is 12.5. The van der Waals surface area contributed by atoms with Crippen molar-refractivity contribution in [2.24, 2.45) is 0 Å². The fraction of sp³-hybridized carbons (Fsp3) is 0.333. The van der Waals surface area contributed by atoms with Crippen LogP contribution in [0.4, 0.5) is 0 Å². The van der Waals surface area contributed by atoms with Crippen LogP contribution >= 0.6 is 24.8 Å². The molecule has 1 atom stereocenters. The largest absolute Gasteiger partial charge is 0.486 e. The minimum atomic E-state index is -0.00665. The topological polar surface area (TPSA) is 68.2 Å². The first-order valence-electron chi connectivity index (χ1n) is 9.41. The minimum Gasteiger partial charge on any atom is -0.486 e. The summed E-state index contributed by atoms with van der Waals surface area (Å²) in [5, 5.41) is 6.43. The molecule has 2 heterocycles. The lowest BCUT2D eigenvalue weighted by atomic mass is 10.2. The van der Waals surface area contributed by atoms with Crippen molar-refractivity contribution in [3.8, 4) is 5.75 Å². The number of carbonyl (C=O) groups is 1. The Morgan fingerprint density at radius 3 is 2.66 bits per heavy atom. The zero-order valence-corrected chi connectivity index (χ0v) is 17.7. The van der Waals surface area contributed by atoms with Crippen LogP contribution in [0.1, 0.15) is 18.7 Å². The zero-order chi connectivity index (χ0) is 18.5. The molecule has 29 heavy (non-hydrogen) atoms. The molecule has 0 saturated carbocycles. The Morgan fingerprint density at radius 2 is 1.90 bits per heavy atom. The van der Waals surface area contributed by atoms with Gasteiger partial charge in [-0.15, -0.1) is 24.8 Å². The number of aromatic nitrogens is 2. The van der Waals surface area contributed by atoms with Gasteiger partial charge in [0.25, 0.3) is 0 Å². The van der Waals surface area contributed by atoms with Gasteiger partial charge in [-0.05, 0) is 43.7 Å². The normalized spacial score (nSPS) is 15.4. The number of hydrogen-bond acceptors (Lipinski definition) is 4. The molecule has 0 bridgehead atoms. The Labute approximate surface area is 182 Å². The van der Waals surface area contributed by atoms with Crippen LogP contribution in [0.5, 0.6) is 5.75 Å². The Bertz CT molecular complexity index is 911. The summed E-state index contributed by atoms with van der Waals surface area (Å²) < 4.78 is 7.80. The fourth-order valence-electron chi connectivity index (χ4n) is 3.44. The average molecular weight is 437 g/mol. The van der Waals surface area contributed by atoms with E-state index in [0.717, 1.165) is 35.6 Å². The average Bonchev–Trinajstić information content (AvgIpc) is 3.34. The summed E-state index contributed by atoms with van der Waals surface area (Å²) in [6, 6.07) is 17.9. The summed E-state index contributed by atoms with van der Waals surface area (Å²) in [6.07, 6.45) is 2.29. The third-order valence-electron chi connectivity index (χ3n) is 4.85. The molecule has 1 fully saturated rings. The number of nitrogens with zero attached hydrogens (tertiary/aromatic N) is 2. The second kappa shape index (κ2) is 11.0. The van der Waals surface area contributed by atoms with E-state index in [1.54, 1.807) is 0 Å². The van der Waals surface area contributed by atoms with Crippen LogP contribution in [-0.2, 0) is 17.9 Å². The molecule has 1 aliphatic heterocycles. The fourth-order valence-corrected chi connectivity index (χ4v) is 3.44.